The summed E-state index contributed by atoms with van der Waals surface area (Å²) in [5.74, 6) is -0.586. The van der Waals surface area contributed by atoms with E-state index in [1.165, 1.54) is 0 Å². The van der Waals surface area contributed by atoms with E-state index in [1.54, 1.807) is 24.4 Å². The molecular formula is C15H17F3N2O. The van der Waals surface area contributed by atoms with Gasteiger partial charge in [0.15, 0.2) is 0 Å². The van der Waals surface area contributed by atoms with E-state index in [-0.39, 0.29) is 12.1 Å². The van der Waals surface area contributed by atoms with Gasteiger partial charge in [0.05, 0.1) is 0 Å². The summed E-state index contributed by atoms with van der Waals surface area (Å²) in [4.78, 5) is 16.1. The van der Waals surface area contributed by atoms with Crippen LogP contribution in [0.15, 0.2) is 30.5 Å². The zero-order valence-electron chi connectivity index (χ0n) is 11.7. The highest BCUT2D eigenvalue weighted by molar-refractivity contribution is 5.97. The van der Waals surface area contributed by atoms with Gasteiger partial charge in [-0.15, -0.1) is 0 Å². The Morgan fingerprint density at radius 3 is 2.71 bits per heavy atom. The van der Waals surface area contributed by atoms with Gasteiger partial charge >= 0.3 is 6.18 Å². The molecular weight excluding hydrogens is 281 g/mol. The van der Waals surface area contributed by atoms with Crippen LogP contribution in [-0.2, 0) is 0 Å². The highest BCUT2D eigenvalue weighted by Gasteiger charge is 2.33. The Morgan fingerprint density at radius 2 is 2.05 bits per heavy atom. The maximum atomic E-state index is 12.6. The molecule has 1 aromatic heterocycles. The Bertz CT molecular complexity index is 619. The Balaban J connectivity index is 2.22. The lowest BCUT2D eigenvalue weighted by molar-refractivity contribution is -0.140. The molecule has 0 fully saturated rings. The third-order valence-corrected chi connectivity index (χ3v) is 3.24. The number of carbonyl (C=O) groups is 1. The van der Waals surface area contributed by atoms with Crippen LogP contribution < -0.4 is 0 Å². The monoisotopic (exact) mass is 298 g/mol. The van der Waals surface area contributed by atoms with Crippen LogP contribution in [0.25, 0.3) is 10.9 Å². The number of hydrogen-bond acceptors (Lipinski definition) is 1. The molecule has 6 heteroatoms. The van der Waals surface area contributed by atoms with Gasteiger partial charge in [0, 0.05) is 23.8 Å². The van der Waals surface area contributed by atoms with Crippen molar-refractivity contribution in [3.63, 3.8) is 0 Å². The molecule has 3 nitrogen and oxygen atoms in total. The minimum absolute atomic E-state index is 0.109. The molecule has 0 bridgehead atoms. The molecule has 0 atom stereocenters. The zero-order valence-corrected chi connectivity index (χ0v) is 11.7. The predicted molar refractivity (Wildman–Crippen MR) is 75.2 cm³/mol. The first-order chi connectivity index (χ1) is 9.90. The average Bonchev–Trinajstić information content (AvgIpc) is 2.88. The van der Waals surface area contributed by atoms with Gasteiger partial charge < -0.3 is 9.88 Å². The molecule has 0 spiro atoms. The van der Waals surface area contributed by atoms with Gasteiger partial charge in [-0.05, 0) is 30.0 Å². The lowest BCUT2D eigenvalue weighted by Gasteiger charge is -2.24. The Hall–Kier alpha value is -1.98. The quantitative estimate of drug-likeness (QED) is 0.890. The average molecular weight is 298 g/mol. The summed E-state index contributed by atoms with van der Waals surface area (Å²) in [5.41, 5.74) is 1.01. The Labute approximate surface area is 120 Å². The molecule has 1 N–H and O–H groups in total. The number of halogens is 3. The van der Waals surface area contributed by atoms with Crippen molar-refractivity contribution in [3.05, 3.63) is 36.0 Å². The van der Waals surface area contributed by atoms with Crippen molar-refractivity contribution in [3.8, 4) is 0 Å². The third-order valence-electron chi connectivity index (χ3n) is 3.24. The van der Waals surface area contributed by atoms with Gasteiger partial charge in [-0.25, -0.2) is 0 Å². The smallest absolute Gasteiger partial charge is 0.361 e. The highest BCUT2D eigenvalue weighted by Crippen LogP contribution is 2.20. The van der Waals surface area contributed by atoms with Crippen molar-refractivity contribution in [2.45, 2.75) is 25.9 Å². The highest BCUT2D eigenvalue weighted by atomic mass is 19.4. The summed E-state index contributed by atoms with van der Waals surface area (Å²) in [5, 5.41) is 0.919. The summed E-state index contributed by atoms with van der Waals surface area (Å²) in [7, 11) is 0. The van der Waals surface area contributed by atoms with E-state index in [0.717, 1.165) is 22.2 Å². The Morgan fingerprint density at radius 1 is 1.29 bits per heavy atom. The molecule has 0 saturated heterocycles. The fraction of sp³-hybridized carbons (Fsp3) is 0.400. The van der Waals surface area contributed by atoms with Gasteiger partial charge in [-0.3, -0.25) is 4.79 Å². The van der Waals surface area contributed by atoms with Crippen LogP contribution in [0.3, 0.4) is 0 Å². The van der Waals surface area contributed by atoms with Crippen molar-refractivity contribution in [2.75, 3.05) is 13.1 Å². The van der Waals surface area contributed by atoms with E-state index in [1.807, 2.05) is 13.0 Å². The lowest BCUT2D eigenvalue weighted by Crippen LogP contribution is -2.39. The molecule has 1 amide bonds. The Kier molecular flexibility index (Phi) is 4.55. The van der Waals surface area contributed by atoms with Crippen LogP contribution in [0.5, 0.6) is 0 Å². The normalized spacial score (nSPS) is 11.8. The van der Waals surface area contributed by atoms with Crippen molar-refractivity contribution in [2.24, 2.45) is 0 Å². The van der Waals surface area contributed by atoms with Crippen molar-refractivity contribution in [1.82, 2.24) is 9.88 Å². The SMILES string of the molecule is CCCCN(CC(F)(F)F)C(=O)c1ccc2cc[nH]c2c1. The minimum atomic E-state index is -4.39. The molecule has 0 radical (unpaired) electrons. The number of H-pyrrole nitrogens is 1. The van der Waals surface area contributed by atoms with Crippen LogP contribution in [0.1, 0.15) is 30.1 Å². The first kappa shape index (κ1) is 15.4. The third kappa shape index (κ3) is 4.00. The van der Waals surface area contributed by atoms with E-state index in [4.69, 9.17) is 0 Å². The number of fused-ring (bicyclic) bond motifs is 1. The molecule has 1 heterocycles. The van der Waals surface area contributed by atoms with E-state index < -0.39 is 18.6 Å². The number of aromatic amines is 1. The summed E-state index contributed by atoms with van der Waals surface area (Å²) in [6.45, 7) is 0.771. The largest absolute Gasteiger partial charge is 0.406 e. The van der Waals surface area contributed by atoms with Gasteiger partial charge in [0.1, 0.15) is 6.54 Å². The molecule has 0 aliphatic carbocycles. The number of nitrogens with zero attached hydrogens (tertiary/aromatic N) is 1. The topological polar surface area (TPSA) is 36.1 Å². The van der Waals surface area contributed by atoms with Crippen LogP contribution in [0.4, 0.5) is 13.2 Å². The number of benzene rings is 1. The molecule has 0 saturated carbocycles. The van der Waals surface area contributed by atoms with E-state index in [9.17, 15) is 18.0 Å². The summed E-state index contributed by atoms with van der Waals surface area (Å²) in [6, 6.07) is 6.72. The lowest BCUT2D eigenvalue weighted by atomic mass is 10.1. The number of alkyl halides is 3. The summed E-state index contributed by atoms with van der Waals surface area (Å²) in [6.07, 6.45) is -1.38. The van der Waals surface area contributed by atoms with Crippen molar-refractivity contribution in [1.29, 1.82) is 0 Å². The number of unbranched alkanes of at least 4 members (excludes halogenated alkanes) is 1. The zero-order chi connectivity index (χ0) is 15.5. The van der Waals surface area contributed by atoms with Gasteiger partial charge in [-0.1, -0.05) is 19.4 Å². The van der Waals surface area contributed by atoms with E-state index in [2.05, 4.69) is 4.98 Å². The fourth-order valence-corrected chi connectivity index (χ4v) is 2.18. The number of amides is 1. The maximum Gasteiger partial charge on any atom is 0.406 e. The fourth-order valence-electron chi connectivity index (χ4n) is 2.18. The van der Waals surface area contributed by atoms with E-state index >= 15 is 0 Å². The molecule has 0 aliphatic rings. The van der Waals surface area contributed by atoms with Crippen molar-refractivity contribution < 1.29 is 18.0 Å². The number of aromatic nitrogens is 1. The van der Waals surface area contributed by atoms with Crippen LogP contribution in [-0.4, -0.2) is 35.1 Å². The summed E-state index contributed by atoms with van der Waals surface area (Å²) >= 11 is 0. The molecule has 1 aromatic carbocycles. The number of rotatable bonds is 5. The van der Waals surface area contributed by atoms with Gasteiger partial charge in [-0.2, -0.15) is 13.2 Å². The van der Waals surface area contributed by atoms with Gasteiger partial charge in [0.2, 0.25) is 0 Å². The maximum absolute atomic E-state index is 12.6. The minimum Gasteiger partial charge on any atom is -0.361 e. The molecule has 2 aromatic rings. The second kappa shape index (κ2) is 6.20. The molecule has 114 valence electrons. The van der Waals surface area contributed by atoms with Crippen LogP contribution in [0.2, 0.25) is 0 Å². The van der Waals surface area contributed by atoms with Crippen LogP contribution in [0, 0.1) is 0 Å². The molecule has 0 unspecified atom stereocenters. The predicted octanol–water partition coefficient (Wildman–Crippen LogP) is 3.97. The second-order valence-electron chi connectivity index (χ2n) is 4.98. The van der Waals surface area contributed by atoms with Crippen molar-refractivity contribution >= 4 is 16.8 Å². The summed E-state index contributed by atoms with van der Waals surface area (Å²) < 4.78 is 37.8. The number of hydrogen-bond donors (Lipinski definition) is 1. The van der Waals surface area contributed by atoms with Crippen LogP contribution >= 0.6 is 0 Å². The molecule has 2 rings (SSSR count). The standard InChI is InChI=1S/C15H17F3N2O/c1-2-3-8-20(10-15(16,17)18)14(21)12-5-4-11-6-7-19-13(11)9-12/h4-7,9,19H,2-3,8,10H2,1H3. The second-order valence-corrected chi connectivity index (χ2v) is 4.98. The molecule has 21 heavy (non-hydrogen) atoms. The van der Waals surface area contributed by atoms with E-state index in [0.29, 0.717) is 6.42 Å². The first-order valence-corrected chi connectivity index (χ1v) is 6.84. The molecule has 0 aliphatic heterocycles. The first-order valence-electron chi connectivity index (χ1n) is 6.84. The number of carbonyl (C=O) groups excluding carboxylic acids is 1. The number of nitrogens with one attached hydrogen (secondary N) is 1. The van der Waals surface area contributed by atoms with Gasteiger partial charge in [0.25, 0.3) is 5.91 Å².